The Bertz CT molecular complexity index is 506. The van der Waals surface area contributed by atoms with Gasteiger partial charge in [0.1, 0.15) is 0 Å². The lowest BCUT2D eigenvalue weighted by Crippen LogP contribution is -2.13. The van der Waals surface area contributed by atoms with Gasteiger partial charge >= 0.3 is 5.97 Å². The van der Waals surface area contributed by atoms with Gasteiger partial charge < -0.3 is 10.1 Å². The SMILES string of the molecule is COC(=O)c1cccc(NC(=O)CCC(C)C#N)c1. The summed E-state index contributed by atoms with van der Waals surface area (Å²) in [5.41, 5.74) is 0.920. The number of methoxy groups -OCH3 is 1. The van der Waals surface area contributed by atoms with Crippen LogP contribution in [0.2, 0.25) is 0 Å². The van der Waals surface area contributed by atoms with E-state index in [1.54, 1.807) is 31.2 Å². The van der Waals surface area contributed by atoms with Gasteiger partial charge in [-0.1, -0.05) is 6.07 Å². The molecule has 0 saturated carbocycles. The summed E-state index contributed by atoms with van der Waals surface area (Å²) < 4.78 is 4.60. The van der Waals surface area contributed by atoms with Crippen molar-refractivity contribution in [3.63, 3.8) is 0 Å². The highest BCUT2D eigenvalue weighted by Gasteiger charge is 2.09. The molecule has 0 radical (unpaired) electrons. The number of anilines is 1. The second-order valence-electron chi connectivity index (χ2n) is 4.19. The van der Waals surface area contributed by atoms with Crippen molar-refractivity contribution in [2.24, 2.45) is 5.92 Å². The van der Waals surface area contributed by atoms with Crippen molar-refractivity contribution in [3.8, 4) is 6.07 Å². The van der Waals surface area contributed by atoms with E-state index in [9.17, 15) is 9.59 Å². The van der Waals surface area contributed by atoms with Crippen LogP contribution >= 0.6 is 0 Å². The van der Waals surface area contributed by atoms with E-state index in [0.29, 0.717) is 17.7 Å². The largest absolute Gasteiger partial charge is 0.465 e. The van der Waals surface area contributed by atoms with Gasteiger partial charge in [0, 0.05) is 18.0 Å². The third kappa shape index (κ3) is 4.80. The zero-order chi connectivity index (χ0) is 14.3. The van der Waals surface area contributed by atoms with Crippen molar-refractivity contribution < 1.29 is 14.3 Å². The van der Waals surface area contributed by atoms with E-state index in [-0.39, 0.29) is 18.2 Å². The Morgan fingerprint density at radius 1 is 1.47 bits per heavy atom. The Balaban J connectivity index is 2.60. The average Bonchev–Trinajstić information content (AvgIpc) is 2.44. The van der Waals surface area contributed by atoms with E-state index in [0.717, 1.165) is 0 Å². The number of benzene rings is 1. The Morgan fingerprint density at radius 3 is 2.84 bits per heavy atom. The lowest BCUT2D eigenvalue weighted by molar-refractivity contribution is -0.116. The van der Waals surface area contributed by atoms with Gasteiger partial charge in [-0.25, -0.2) is 4.79 Å². The summed E-state index contributed by atoms with van der Waals surface area (Å²) in [6.45, 7) is 1.77. The standard InChI is InChI=1S/C14H16N2O3/c1-10(9-15)6-7-13(17)16-12-5-3-4-11(8-12)14(18)19-2/h3-5,8,10H,6-7H2,1-2H3,(H,16,17). The third-order valence-corrected chi connectivity index (χ3v) is 2.59. The van der Waals surface area contributed by atoms with E-state index in [1.807, 2.05) is 0 Å². The monoisotopic (exact) mass is 260 g/mol. The van der Waals surface area contributed by atoms with Gasteiger partial charge in [0.2, 0.25) is 5.91 Å². The molecule has 1 rings (SSSR count). The first-order valence-corrected chi connectivity index (χ1v) is 5.94. The molecule has 1 unspecified atom stereocenters. The van der Waals surface area contributed by atoms with Crippen molar-refractivity contribution >= 4 is 17.6 Å². The van der Waals surface area contributed by atoms with E-state index < -0.39 is 5.97 Å². The number of nitrogens with one attached hydrogen (secondary N) is 1. The van der Waals surface area contributed by atoms with Crippen LogP contribution in [0.5, 0.6) is 0 Å². The Labute approximate surface area is 112 Å². The molecule has 5 heteroatoms. The predicted octanol–water partition coefficient (Wildman–Crippen LogP) is 2.35. The maximum atomic E-state index is 11.6. The number of hydrogen-bond acceptors (Lipinski definition) is 4. The first-order chi connectivity index (χ1) is 9.06. The Morgan fingerprint density at radius 2 is 2.21 bits per heavy atom. The molecule has 1 atom stereocenters. The molecule has 100 valence electrons. The van der Waals surface area contributed by atoms with Crippen molar-refractivity contribution in [2.45, 2.75) is 19.8 Å². The van der Waals surface area contributed by atoms with Crippen molar-refractivity contribution in [3.05, 3.63) is 29.8 Å². The molecule has 0 heterocycles. The Hall–Kier alpha value is -2.35. The number of esters is 1. The second-order valence-corrected chi connectivity index (χ2v) is 4.19. The van der Waals surface area contributed by atoms with Crippen LogP contribution in [0.1, 0.15) is 30.1 Å². The summed E-state index contributed by atoms with van der Waals surface area (Å²) in [7, 11) is 1.30. The molecule has 1 N–H and O–H groups in total. The van der Waals surface area contributed by atoms with E-state index in [1.165, 1.54) is 7.11 Å². The van der Waals surface area contributed by atoms with Crippen LogP contribution in [-0.4, -0.2) is 19.0 Å². The van der Waals surface area contributed by atoms with Crippen LogP contribution in [0, 0.1) is 17.2 Å². The maximum Gasteiger partial charge on any atom is 0.337 e. The summed E-state index contributed by atoms with van der Waals surface area (Å²) in [5, 5.41) is 11.3. The van der Waals surface area contributed by atoms with E-state index in [4.69, 9.17) is 5.26 Å². The normalized spacial score (nSPS) is 11.2. The van der Waals surface area contributed by atoms with Crippen molar-refractivity contribution in [2.75, 3.05) is 12.4 Å². The Kier molecular flexibility index (Phi) is 5.55. The number of carbonyl (C=O) groups excluding carboxylic acids is 2. The molecule has 0 bridgehead atoms. The molecular weight excluding hydrogens is 244 g/mol. The molecule has 0 aliphatic rings. The summed E-state index contributed by atoms with van der Waals surface area (Å²) in [5.74, 6) is -0.773. The first kappa shape index (κ1) is 14.7. The first-order valence-electron chi connectivity index (χ1n) is 5.94. The van der Waals surface area contributed by atoms with Crippen LogP contribution in [0.15, 0.2) is 24.3 Å². The third-order valence-electron chi connectivity index (χ3n) is 2.59. The summed E-state index contributed by atoms with van der Waals surface area (Å²) in [6.07, 6.45) is 0.788. The fraction of sp³-hybridized carbons (Fsp3) is 0.357. The number of hydrogen-bond donors (Lipinski definition) is 1. The molecule has 1 aromatic rings. The lowest BCUT2D eigenvalue weighted by Gasteiger charge is -2.07. The number of nitriles is 1. The molecule has 0 aliphatic heterocycles. The molecular formula is C14H16N2O3. The van der Waals surface area contributed by atoms with Crippen LogP contribution in [0.4, 0.5) is 5.69 Å². The molecule has 1 aromatic carbocycles. The van der Waals surface area contributed by atoms with Gasteiger partial charge in [-0.05, 0) is 31.5 Å². The number of carbonyl (C=O) groups is 2. The van der Waals surface area contributed by atoms with Gasteiger partial charge in [0.15, 0.2) is 0 Å². The summed E-state index contributed by atoms with van der Waals surface area (Å²) in [6, 6.07) is 8.60. The molecule has 0 aliphatic carbocycles. The number of ether oxygens (including phenoxy) is 1. The fourth-order valence-corrected chi connectivity index (χ4v) is 1.48. The summed E-state index contributed by atoms with van der Waals surface area (Å²) in [4.78, 5) is 23.0. The van der Waals surface area contributed by atoms with Gasteiger partial charge in [0.25, 0.3) is 0 Å². The van der Waals surface area contributed by atoms with E-state index in [2.05, 4.69) is 16.1 Å². The minimum absolute atomic E-state index is 0.146. The molecule has 0 spiro atoms. The quantitative estimate of drug-likeness (QED) is 0.824. The van der Waals surface area contributed by atoms with Gasteiger partial charge in [0.05, 0.1) is 18.7 Å². The van der Waals surface area contributed by atoms with E-state index >= 15 is 0 Å². The van der Waals surface area contributed by atoms with Crippen molar-refractivity contribution in [1.29, 1.82) is 5.26 Å². The minimum atomic E-state index is -0.450. The highest BCUT2D eigenvalue weighted by Crippen LogP contribution is 2.13. The van der Waals surface area contributed by atoms with Gasteiger partial charge in [-0.2, -0.15) is 5.26 Å². The lowest BCUT2D eigenvalue weighted by atomic mass is 10.1. The number of nitrogens with zero attached hydrogens (tertiary/aromatic N) is 1. The average molecular weight is 260 g/mol. The molecule has 5 nitrogen and oxygen atoms in total. The van der Waals surface area contributed by atoms with Gasteiger partial charge in [-0.3, -0.25) is 4.79 Å². The van der Waals surface area contributed by atoms with Crippen molar-refractivity contribution in [1.82, 2.24) is 0 Å². The fourth-order valence-electron chi connectivity index (χ4n) is 1.48. The topological polar surface area (TPSA) is 79.2 Å². The van der Waals surface area contributed by atoms with Crippen LogP contribution < -0.4 is 5.32 Å². The van der Waals surface area contributed by atoms with Gasteiger partial charge in [-0.15, -0.1) is 0 Å². The highest BCUT2D eigenvalue weighted by molar-refractivity contribution is 5.94. The van der Waals surface area contributed by atoms with Crippen LogP contribution in [0.25, 0.3) is 0 Å². The van der Waals surface area contributed by atoms with Crippen LogP contribution in [-0.2, 0) is 9.53 Å². The molecule has 19 heavy (non-hydrogen) atoms. The van der Waals surface area contributed by atoms with Crippen LogP contribution in [0.3, 0.4) is 0 Å². The molecule has 0 aromatic heterocycles. The predicted molar refractivity (Wildman–Crippen MR) is 70.4 cm³/mol. The zero-order valence-electron chi connectivity index (χ0n) is 11.0. The molecule has 1 amide bonds. The second kappa shape index (κ2) is 7.17. The number of rotatable bonds is 5. The molecule has 0 fully saturated rings. The maximum absolute atomic E-state index is 11.6. The number of amides is 1. The summed E-state index contributed by atoms with van der Waals surface area (Å²) >= 11 is 0. The smallest absolute Gasteiger partial charge is 0.337 e. The highest BCUT2D eigenvalue weighted by atomic mass is 16.5. The molecule has 0 saturated heterocycles. The zero-order valence-corrected chi connectivity index (χ0v) is 11.0. The minimum Gasteiger partial charge on any atom is -0.465 e.